The van der Waals surface area contributed by atoms with Crippen molar-refractivity contribution in [3.05, 3.63) is 34.6 Å². The Morgan fingerprint density at radius 3 is 2.83 bits per heavy atom. The van der Waals surface area contributed by atoms with E-state index in [0.717, 1.165) is 35.1 Å². The normalized spacial score (nSPS) is 11.1. The fourth-order valence-corrected chi connectivity index (χ4v) is 2.12. The molecule has 5 nitrogen and oxygen atoms in total. The first kappa shape index (κ1) is 13.1. The molecule has 2 aromatic heterocycles. The topological polar surface area (TPSA) is 47.7 Å². The number of likely N-dealkylation sites (N-methyl/N-ethyl adjacent to an activating group) is 1. The van der Waals surface area contributed by atoms with Crippen LogP contribution in [0, 0.1) is 6.92 Å². The van der Waals surface area contributed by atoms with Gasteiger partial charge in [0.15, 0.2) is 0 Å². The summed E-state index contributed by atoms with van der Waals surface area (Å²) >= 11 is 6.23. The lowest BCUT2D eigenvalue weighted by Crippen LogP contribution is -2.10. The molecule has 0 aliphatic heterocycles. The van der Waals surface area contributed by atoms with Gasteiger partial charge in [0.05, 0.1) is 35.0 Å². The molecule has 0 fully saturated rings. The monoisotopic (exact) mass is 267 g/mol. The molecular formula is C12H18ClN5. The number of halogens is 1. The maximum atomic E-state index is 6.23. The van der Waals surface area contributed by atoms with Gasteiger partial charge >= 0.3 is 0 Å². The molecule has 18 heavy (non-hydrogen) atoms. The molecule has 0 bridgehead atoms. The first-order valence-corrected chi connectivity index (χ1v) is 6.33. The highest BCUT2D eigenvalue weighted by molar-refractivity contribution is 6.31. The van der Waals surface area contributed by atoms with Crippen molar-refractivity contribution in [3.63, 3.8) is 0 Å². The van der Waals surface area contributed by atoms with Crippen LogP contribution in [0.5, 0.6) is 0 Å². The zero-order chi connectivity index (χ0) is 13.1. The molecule has 0 aromatic carbocycles. The number of hydrogen-bond acceptors (Lipinski definition) is 3. The van der Waals surface area contributed by atoms with Crippen LogP contribution in [-0.4, -0.2) is 32.9 Å². The van der Waals surface area contributed by atoms with Crippen molar-refractivity contribution in [2.24, 2.45) is 7.05 Å². The van der Waals surface area contributed by atoms with Crippen LogP contribution in [0.25, 0.3) is 0 Å². The Labute approximate surface area is 112 Å². The molecule has 0 saturated heterocycles. The number of nitrogens with zero attached hydrogens (tertiary/aromatic N) is 4. The maximum Gasteiger partial charge on any atom is 0.0953 e. The third-order valence-corrected chi connectivity index (χ3v) is 3.40. The highest BCUT2D eigenvalue weighted by Gasteiger charge is 2.11. The largest absolute Gasteiger partial charge is 0.331 e. The van der Waals surface area contributed by atoms with Crippen molar-refractivity contribution < 1.29 is 0 Å². The van der Waals surface area contributed by atoms with E-state index in [1.54, 1.807) is 0 Å². The molecule has 0 radical (unpaired) electrons. The SMILES string of the molecule is CNCCc1cn(Cc2c(Cl)c(C)nn2C)cn1. The Hall–Kier alpha value is -1.33. The summed E-state index contributed by atoms with van der Waals surface area (Å²) in [5.41, 5.74) is 2.95. The Bertz CT molecular complexity index is 529. The molecule has 0 spiro atoms. The second-order valence-corrected chi connectivity index (χ2v) is 4.74. The minimum atomic E-state index is 0.697. The molecule has 0 unspecified atom stereocenters. The number of imidazole rings is 1. The first-order valence-electron chi connectivity index (χ1n) is 5.95. The van der Waals surface area contributed by atoms with Gasteiger partial charge in [-0.15, -0.1) is 0 Å². The van der Waals surface area contributed by atoms with Gasteiger partial charge in [-0.2, -0.15) is 5.10 Å². The summed E-state index contributed by atoms with van der Waals surface area (Å²) < 4.78 is 3.86. The van der Waals surface area contributed by atoms with Crippen molar-refractivity contribution in [1.82, 2.24) is 24.6 Å². The number of hydrogen-bond donors (Lipinski definition) is 1. The highest BCUT2D eigenvalue weighted by Crippen LogP contribution is 2.20. The van der Waals surface area contributed by atoms with Crippen molar-refractivity contribution >= 4 is 11.6 Å². The van der Waals surface area contributed by atoms with Crippen molar-refractivity contribution in [1.29, 1.82) is 0 Å². The van der Waals surface area contributed by atoms with E-state index in [9.17, 15) is 0 Å². The van der Waals surface area contributed by atoms with Crippen molar-refractivity contribution in [2.75, 3.05) is 13.6 Å². The average Bonchev–Trinajstić information content (AvgIpc) is 2.88. The second-order valence-electron chi connectivity index (χ2n) is 4.36. The Morgan fingerprint density at radius 1 is 1.44 bits per heavy atom. The van der Waals surface area contributed by atoms with E-state index >= 15 is 0 Å². The van der Waals surface area contributed by atoms with Gasteiger partial charge in [-0.25, -0.2) is 4.98 Å². The van der Waals surface area contributed by atoms with Crippen molar-refractivity contribution in [2.45, 2.75) is 19.9 Å². The smallest absolute Gasteiger partial charge is 0.0953 e. The third kappa shape index (κ3) is 2.73. The lowest BCUT2D eigenvalue weighted by Gasteiger charge is -2.03. The second kappa shape index (κ2) is 5.54. The van der Waals surface area contributed by atoms with E-state index in [1.165, 1.54) is 0 Å². The van der Waals surface area contributed by atoms with Crippen LogP contribution in [-0.2, 0) is 20.0 Å². The summed E-state index contributed by atoms with van der Waals surface area (Å²) in [6, 6.07) is 0. The van der Waals surface area contributed by atoms with Gasteiger partial charge in [0, 0.05) is 26.2 Å². The number of aromatic nitrogens is 4. The third-order valence-electron chi connectivity index (χ3n) is 2.91. The molecule has 6 heteroatoms. The molecule has 0 aliphatic carbocycles. The standard InChI is InChI=1S/C12H18ClN5/c1-9-12(13)11(17(3)16-9)7-18-6-10(15-8-18)4-5-14-2/h6,8,14H,4-5,7H2,1-3H3. The molecule has 0 amide bonds. The first-order chi connectivity index (χ1) is 8.61. The summed E-state index contributed by atoms with van der Waals surface area (Å²) in [7, 11) is 3.85. The van der Waals surface area contributed by atoms with E-state index in [2.05, 4.69) is 21.6 Å². The van der Waals surface area contributed by atoms with Gasteiger partial charge in [-0.1, -0.05) is 11.6 Å². The van der Waals surface area contributed by atoms with Gasteiger partial charge in [-0.05, 0) is 14.0 Å². The van der Waals surface area contributed by atoms with Crippen LogP contribution in [0.1, 0.15) is 17.1 Å². The maximum absolute atomic E-state index is 6.23. The minimum absolute atomic E-state index is 0.697. The average molecular weight is 268 g/mol. The zero-order valence-electron chi connectivity index (χ0n) is 10.9. The van der Waals surface area contributed by atoms with Gasteiger partial charge in [-0.3, -0.25) is 4.68 Å². The minimum Gasteiger partial charge on any atom is -0.331 e. The number of rotatable bonds is 5. The molecule has 2 rings (SSSR count). The van der Waals surface area contributed by atoms with E-state index in [4.69, 9.17) is 11.6 Å². The number of aryl methyl sites for hydroxylation is 2. The molecule has 2 aromatic rings. The van der Waals surface area contributed by atoms with Crippen molar-refractivity contribution in [3.8, 4) is 0 Å². The molecule has 1 N–H and O–H groups in total. The predicted molar refractivity (Wildman–Crippen MR) is 71.9 cm³/mol. The molecular weight excluding hydrogens is 250 g/mol. The van der Waals surface area contributed by atoms with Crippen LogP contribution in [0.3, 0.4) is 0 Å². The van der Waals surface area contributed by atoms with E-state index in [-0.39, 0.29) is 0 Å². The quantitative estimate of drug-likeness (QED) is 0.891. The Balaban J connectivity index is 2.11. The molecule has 2 heterocycles. The van der Waals surface area contributed by atoms with Gasteiger partial charge in [0.1, 0.15) is 0 Å². The number of nitrogens with one attached hydrogen (secondary N) is 1. The van der Waals surface area contributed by atoms with E-state index in [0.29, 0.717) is 6.54 Å². The lowest BCUT2D eigenvalue weighted by atomic mass is 10.3. The summed E-state index contributed by atoms with van der Waals surface area (Å²) in [4.78, 5) is 4.37. The van der Waals surface area contributed by atoms with Gasteiger partial charge in [0.25, 0.3) is 0 Å². The predicted octanol–water partition coefficient (Wildman–Crippen LogP) is 1.39. The molecule has 0 aliphatic rings. The summed E-state index contributed by atoms with van der Waals surface area (Å²) in [6.45, 7) is 3.55. The van der Waals surface area contributed by atoms with Crippen LogP contribution in [0.2, 0.25) is 5.02 Å². The highest BCUT2D eigenvalue weighted by atomic mass is 35.5. The fourth-order valence-electron chi connectivity index (χ4n) is 1.90. The molecule has 0 atom stereocenters. The Morgan fingerprint density at radius 2 is 2.22 bits per heavy atom. The van der Waals surface area contributed by atoms with Gasteiger partial charge in [0.2, 0.25) is 0 Å². The molecule has 0 saturated carbocycles. The van der Waals surface area contributed by atoms with E-state index in [1.807, 2.05) is 36.6 Å². The van der Waals surface area contributed by atoms with Gasteiger partial charge < -0.3 is 9.88 Å². The summed E-state index contributed by atoms with van der Waals surface area (Å²) in [5, 5.41) is 8.16. The van der Waals surface area contributed by atoms with E-state index < -0.39 is 0 Å². The summed E-state index contributed by atoms with van der Waals surface area (Å²) in [5.74, 6) is 0. The summed E-state index contributed by atoms with van der Waals surface area (Å²) in [6.07, 6.45) is 4.82. The van der Waals surface area contributed by atoms with Crippen LogP contribution in [0.15, 0.2) is 12.5 Å². The van der Waals surface area contributed by atoms with Crippen LogP contribution >= 0.6 is 11.6 Å². The lowest BCUT2D eigenvalue weighted by molar-refractivity contribution is 0.662. The zero-order valence-corrected chi connectivity index (χ0v) is 11.7. The Kier molecular flexibility index (Phi) is 4.04. The molecule has 98 valence electrons. The van der Waals surface area contributed by atoms with Crippen LogP contribution < -0.4 is 5.32 Å². The van der Waals surface area contributed by atoms with Crippen LogP contribution in [0.4, 0.5) is 0 Å². The fraction of sp³-hybridized carbons (Fsp3) is 0.500.